The van der Waals surface area contributed by atoms with E-state index < -0.39 is 0 Å². The van der Waals surface area contributed by atoms with Crippen LogP contribution in [0.2, 0.25) is 0 Å². The molecule has 2 heteroatoms. The van der Waals surface area contributed by atoms with E-state index >= 15 is 0 Å². The average Bonchev–Trinajstić information content (AvgIpc) is 2.36. The molecule has 1 aromatic carbocycles. The minimum Gasteiger partial charge on any atom is -0.329 e. The van der Waals surface area contributed by atoms with Crippen LogP contribution < -0.4 is 11.5 Å². The summed E-state index contributed by atoms with van der Waals surface area (Å²) in [6.07, 6.45) is 5.93. The van der Waals surface area contributed by atoms with E-state index in [4.69, 9.17) is 11.5 Å². The van der Waals surface area contributed by atoms with Gasteiger partial charge in [-0.25, -0.2) is 0 Å². The summed E-state index contributed by atoms with van der Waals surface area (Å²) in [7, 11) is 0. The van der Waals surface area contributed by atoms with E-state index in [-0.39, 0.29) is 5.54 Å². The Hall–Kier alpha value is -0.860. The van der Waals surface area contributed by atoms with Gasteiger partial charge >= 0.3 is 0 Å². The fourth-order valence-corrected chi connectivity index (χ4v) is 3.71. The summed E-state index contributed by atoms with van der Waals surface area (Å²) in [4.78, 5) is 0. The number of fused-ring (bicyclic) bond motifs is 2. The zero-order chi connectivity index (χ0) is 11.9. The van der Waals surface area contributed by atoms with E-state index in [1.165, 1.54) is 24.8 Å². The van der Waals surface area contributed by atoms with Crippen LogP contribution in [-0.4, -0.2) is 12.1 Å². The van der Waals surface area contributed by atoms with E-state index in [2.05, 4.69) is 24.3 Å². The second kappa shape index (κ2) is 4.11. The molecular weight excluding hydrogens is 208 g/mol. The van der Waals surface area contributed by atoms with Gasteiger partial charge in [-0.15, -0.1) is 0 Å². The standard InChI is InChI=1S/C15H22N2/c16-10-15(17)6-5-13-7-11-3-1-2-4-12(11)8-14(13)9-15/h1-4,13-14H,5-10,16-17H2/t13-,14+,15?/m1/s1. The van der Waals surface area contributed by atoms with Crippen molar-refractivity contribution in [3.05, 3.63) is 35.4 Å². The molecule has 0 spiro atoms. The van der Waals surface area contributed by atoms with Gasteiger partial charge in [-0.05, 0) is 55.1 Å². The Morgan fingerprint density at radius 1 is 1.12 bits per heavy atom. The highest BCUT2D eigenvalue weighted by molar-refractivity contribution is 5.31. The smallest absolute Gasteiger partial charge is 0.0281 e. The zero-order valence-corrected chi connectivity index (χ0v) is 10.4. The highest BCUT2D eigenvalue weighted by atomic mass is 14.8. The molecule has 17 heavy (non-hydrogen) atoms. The van der Waals surface area contributed by atoms with Crippen LogP contribution in [0.5, 0.6) is 0 Å². The van der Waals surface area contributed by atoms with Gasteiger partial charge in [-0.2, -0.15) is 0 Å². The Kier molecular flexibility index (Phi) is 2.72. The summed E-state index contributed by atoms with van der Waals surface area (Å²) in [5.41, 5.74) is 15.2. The van der Waals surface area contributed by atoms with Gasteiger partial charge in [-0.1, -0.05) is 24.3 Å². The second-order valence-electron chi connectivity index (χ2n) is 6.01. The molecule has 3 atom stereocenters. The van der Waals surface area contributed by atoms with Crippen molar-refractivity contribution in [2.24, 2.45) is 23.3 Å². The van der Waals surface area contributed by atoms with E-state index in [1.807, 2.05) is 0 Å². The molecule has 1 saturated carbocycles. The summed E-state index contributed by atoms with van der Waals surface area (Å²) in [6, 6.07) is 8.88. The molecular formula is C15H22N2. The quantitative estimate of drug-likeness (QED) is 0.773. The lowest BCUT2D eigenvalue weighted by molar-refractivity contribution is 0.146. The topological polar surface area (TPSA) is 52.0 Å². The minimum absolute atomic E-state index is 0.0898. The summed E-state index contributed by atoms with van der Waals surface area (Å²) < 4.78 is 0. The Bertz CT molecular complexity index is 415. The highest BCUT2D eigenvalue weighted by Crippen LogP contribution is 2.42. The fourth-order valence-electron chi connectivity index (χ4n) is 3.71. The third-order valence-corrected chi connectivity index (χ3v) is 4.84. The summed E-state index contributed by atoms with van der Waals surface area (Å²) in [5, 5.41) is 0. The van der Waals surface area contributed by atoms with Crippen molar-refractivity contribution >= 4 is 0 Å². The lowest BCUT2D eigenvalue weighted by Crippen LogP contribution is -2.53. The van der Waals surface area contributed by atoms with Gasteiger partial charge in [0, 0.05) is 12.1 Å². The molecule has 0 aromatic heterocycles. The molecule has 0 aliphatic heterocycles. The molecule has 0 heterocycles. The van der Waals surface area contributed by atoms with Gasteiger partial charge in [0.2, 0.25) is 0 Å². The maximum atomic E-state index is 6.36. The predicted molar refractivity (Wildman–Crippen MR) is 70.7 cm³/mol. The molecule has 1 aromatic rings. The van der Waals surface area contributed by atoms with Crippen LogP contribution in [0.3, 0.4) is 0 Å². The van der Waals surface area contributed by atoms with Gasteiger partial charge in [0.05, 0.1) is 0 Å². The Morgan fingerprint density at radius 2 is 1.76 bits per heavy atom. The molecule has 0 amide bonds. The van der Waals surface area contributed by atoms with Gasteiger partial charge in [0.25, 0.3) is 0 Å². The molecule has 2 nitrogen and oxygen atoms in total. The van der Waals surface area contributed by atoms with Crippen molar-refractivity contribution < 1.29 is 0 Å². The molecule has 0 radical (unpaired) electrons. The zero-order valence-electron chi connectivity index (χ0n) is 10.4. The van der Waals surface area contributed by atoms with Crippen molar-refractivity contribution in [3.8, 4) is 0 Å². The second-order valence-corrected chi connectivity index (χ2v) is 6.01. The lowest BCUT2D eigenvalue weighted by Gasteiger charge is -2.44. The number of benzene rings is 1. The SMILES string of the molecule is NCC1(N)CC[C@@H]2Cc3ccccc3C[C@H]2C1. The molecule has 0 bridgehead atoms. The van der Waals surface area contributed by atoms with Crippen molar-refractivity contribution in [2.45, 2.75) is 37.6 Å². The monoisotopic (exact) mass is 230 g/mol. The first kappa shape index (κ1) is 11.2. The Morgan fingerprint density at radius 3 is 2.41 bits per heavy atom. The average molecular weight is 230 g/mol. The summed E-state index contributed by atoms with van der Waals surface area (Å²) >= 11 is 0. The molecule has 2 aliphatic carbocycles. The van der Waals surface area contributed by atoms with E-state index in [0.29, 0.717) is 6.54 Å². The van der Waals surface area contributed by atoms with Crippen LogP contribution in [0, 0.1) is 11.8 Å². The first-order valence-corrected chi connectivity index (χ1v) is 6.76. The first-order valence-electron chi connectivity index (χ1n) is 6.76. The van der Waals surface area contributed by atoms with Crippen LogP contribution in [0.15, 0.2) is 24.3 Å². The number of nitrogens with two attached hydrogens (primary N) is 2. The van der Waals surface area contributed by atoms with Crippen LogP contribution in [0.25, 0.3) is 0 Å². The van der Waals surface area contributed by atoms with Crippen molar-refractivity contribution in [2.75, 3.05) is 6.54 Å². The largest absolute Gasteiger partial charge is 0.329 e. The number of hydrogen-bond donors (Lipinski definition) is 2. The molecule has 0 saturated heterocycles. The van der Waals surface area contributed by atoms with Crippen LogP contribution in [0.1, 0.15) is 30.4 Å². The first-order chi connectivity index (χ1) is 8.20. The molecule has 2 aliphatic rings. The van der Waals surface area contributed by atoms with Crippen molar-refractivity contribution in [1.82, 2.24) is 0 Å². The van der Waals surface area contributed by atoms with Crippen LogP contribution >= 0.6 is 0 Å². The minimum atomic E-state index is -0.0898. The molecule has 1 fully saturated rings. The summed E-state index contributed by atoms with van der Waals surface area (Å²) in [5.74, 6) is 1.60. The molecule has 1 unspecified atom stereocenters. The third-order valence-electron chi connectivity index (χ3n) is 4.84. The van der Waals surface area contributed by atoms with E-state index in [9.17, 15) is 0 Å². The molecule has 3 rings (SSSR count). The van der Waals surface area contributed by atoms with Gasteiger partial charge in [0.15, 0.2) is 0 Å². The van der Waals surface area contributed by atoms with Crippen LogP contribution in [-0.2, 0) is 12.8 Å². The maximum absolute atomic E-state index is 6.36. The number of rotatable bonds is 1. The van der Waals surface area contributed by atoms with Crippen molar-refractivity contribution in [3.63, 3.8) is 0 Å². The Labute approximate surface area is 103 Å². The van der Waals surface area contributed by atoms with E-state index in [1.54, 1.807) is 5.56 Å². The maximum Gasteiger partial charge on any atom is 0.0281 e. The third kappa shape index (κ3) is 2.00. The fraction of sp³-hybridized carbons (Fsp3) is 0.600. The lowest BCUT2D eigenvalue weighted by atomic mass is 9.64. The van der Waals surface area contributed by atoms with Crippen molar-refractivity contribution in [1.29, 1.82) is 0 Å². The van der Waals surface area contributed by atoms with Gasteiger partial charge < -0.3 is 11.5 Å². The van der Waals surface area contributed by atoms with Gasteiger partial charge in [0.1, 0.15) is 0 Å². The Balaban J connectivity index is 1.83. The van der Waals surface area contributed by atoms with E-state index in [0.717, 1.165) is 24.7 Å². The van der Waals surface area contributed by atoms with Gasteiger partial charge in [-0.3, -0.25) is 0 Å². The summed E-state index contributed by atoms with van der Waals surface area (Å²) in [6.45, 7) is 0.637. The molecule has 92 valence electrons. The normalized spacial score (nSPS) is 36.1. The highest BCUT2D eigenvalue weighted by Gasteiger charge is 2.39. The molecule has 4 N–H and O–H groups in total. The van der Waals surface area contributed by atoms with Crippen LogP contribution in [0.4, 0.5) is 0 Å². The number of hydrogen-bond acceptors (Lipinski definition) is 2. The predicted octanol–water partition coefficient (Wildman–Crippen LogP) is 1.86.